The van der Waals surface area contributed by atoms with Gasteiger partial charge in [-0.2, -0.15) is 0 Å². The number of carbonyl (C=O) groups excluding carboxylic acids is 1. The lowest BCUT2D eigenvalue weighted by atomic mass is 10.2. The number of nitrogens with one attached hydrogen (secondary N) is 1. The minimum atomic E-state index is -0.706. The molecule has 26 heavy (non-hydrogen) atoms. The fourth-order valence-electron chi connectivity index (χ4n) is 2.53. The molecule has 2 heterocycles. The maximum absolute atomic E-state index is 12.7. The average molecular weight is 360 g/mol. The number of furan rings is 1. The summed E-state index contributed by atoms with van der Waals surface area (Å²) in [6, 6.07) is 3.38. The third kappa shape index (κ3) is 4.33. The van der Waals surface area contributed by atoms with Crippen molar-refractivity contribution in [2.45, 2.75) is 46.7 Å². The number of aromatic amines is 1. The van der Waals surface area contributed by atoms with Crippen LogP contribution in [0.15, 0.2) is 44.1 Å². The standard InChI is InChI=1S/C18H24N4O4/c1-4-5-8-21-16(19)15(17(24)20-18(21)25)22(14(23)10-12(2)3)11-13-7-6-9-26-13/h6-7,9-10H,4-5,8,11,19H2,1-3H3,(H,20,24,25). The molecular formula is C18H24N4O4. The molecule has 0 atom stereocenters. The van der Waals surface area contributed by atoms with Gasteiger partial charge in [0, 0.05) is 12.6 Å². The van der Waals surface area contributed by atoms with E-state index in [0.717, 1.165) is 18.4 Å². The van der Waals surface area contributed by atoms with Crippen LogP contribution in [-0.4, -0.2) is 15.5 Å². The fraction of sp³-hybridized carbons (Fsp3) is 0.389. The molecule has 0 saturated heterocycles. The lowest BCUT2D eigenvalue weighted by molar-refractivity contribution is -0.114. The summed E-state index contributed by atoms with van der Waals surface area (Å²) in [6.45, 7) is 5.91. The molecule has 8 heteroatoms. The Morgan fingerprint density at radius 1 is 1.38 bits per heavy atom. The highest BCUT2D eigenvalue weighted by atomic mass is 16.3. The minimum Gasteiger partial charge on any atom is -0.467 e. The van der Waals surface area contributed by atoms with Crippen molar-refractivity contribution in [1.82, 2.24) is 9.55 Å². The van der Waals surface area contributed by atoms with Gasteiger partial charge in [-0.1, -0.05) is 18.9 Å². The summed E-state index contributed by atoms with van der Waals surface area (Å²) in [4.78, 5) is 40.7. The monoisotopic (exact) mass is 360 g/mol. The van der Waals surface area contributed by atoms with Gasteiger partial charge in [0.2, 0.25) is 0 Å². The van der Waals surface area contributed by atoms with E-state index in [0.29, 0.717) is 12.3 Å². The van der Waals surface area contributed by atoms with Crippen LogP contribution in [-0.2, 0) is 17.9 Å². The number of rotatable bonds is 7. The molecule has 0 aliphatic carbocycles. The Bertz CT molecular complexity index is 902. The van der Waals surface area contributed by atoms with Gasteiger partial charge < -0.3 is 10.2 Å². The van der Waals surface area contributed by atoms with Crippen molar-refractivity contribution >= 4 is 17.4 Å². The van der Waals surface area contributed by atoms with Crippen molar-refractivity contribution < 1.29 is 9.21 Å². The number of aromatic nitrogens is 2. The number of nitrogens with two attached hydrogens (primary N) is 1. The molecule has 0 radical (unpaired) electrons. The Morgan fingerprint density at radius 2 is 2.12 bits per heavy atom. The van der Waals surface area contributed by atoms with Crippen LogP contribution < -0.4 is 21.9 Å². The zero-order chi connectivity index (χ0) is 19.3. The second-order valence-electron chi connectivity index (χ2n) is 6.22. The van der Waals surface area contributed by atoms with Gasteiger partial charge >= 0.3 is 5.69 Å². The van der Waals surface area contributed by atoms with Gasteiger partial charge in [0.25, 0.3) is 11.5 Å². The van der Waals surface area contributed by atoms with E-state index in [1.54, 1.807) is 26.0 Å². The van der Waals surface area contributed by atoms with Crippen LogP contribution in [0.25, 0.3) is 0 Å². The maximum atomic E-state index is 12.7. The van der Waals surface area contributed by atoms with Gasteiger partial charge in [0.1, 0.15) is 11.6 Å². The molecule has 2 rings (SSSR count). The van der Waals surface area contributed by atoms with Gasteiger partial charge in [-0.15, -0.1) is 0 Å². The molecule has 0 spiro atoms. The van der Waals surface area contributed by atoms with Crippen LogP contribution in [0.3, 0.4) is 0 Å². The first-order valence-corrected chi connectivity index (χ1v) is 8.46. The van der Waals surface area contributed by atoms with E-state index in [-0.39, 0.29) is 18.1 Å². The SMILES string of the molecule is CCCCn1c(N)c(N(Cc2ccco2)C(=O)C=C(C)C)c(=O)[nH]c1=O. The number of allylic oxidation sites excluding steroid dienone is 1. The molecule has 2 aromatic heterocycles. The quantitative estimate of drug-likeness (QED) is 0.733. The van der Waals surface area contributed by atoms with Gasteiger partial charge in [-0.25, -0.2) is 4.79 Å². The molecule has 1 amide bonds. The lowest BCUT2D eigenvalue weighted by Gasteiger charge is -2.22. The third-order valence-corrected chi connectivity index (χ3v) is 3.79. The van der Waals surface area contributed by atoms with Gasteiger partial charge in [-0.3, -0.25) is 24.0 Å². The Labute approximate surface area is 150 Å². The van der Waals surface area contributed by atoms with Crippen LogP contribution in [0.5, 0.6) is 0 Å². The summed E-state index contributed by atoms with van der Waals surface area (Å²) in [6.07, 6.45) is 4.46. The van der Waals surface area contributed by atoms with Crippen LogP contribution in [0, 0.1) is 0 Å². The molecule has 0 bridgehead atoms. The van der Waals surface area contributed by atoms with Crippen LogP contribution in [0.1, 0.15) is 39.4 Å². The molecule has 0 saturated carbocycles. The van der Waals surface area contributed by atoms with E-state index < -0.39 is 17.2 Å². The van der Waals surface area contributed by atoms with E-state index >= 15 is 0 Å². The smallest absolute Gasteiger partial charge is 0.330 e. The topological polar surface area (TPSA) is 114 Å². The van der Waals surface area contributed by atoms with E-state index in [1.807, 2.05) is 6.92 Å². The fourth-order valence-corrected chi connectivity index (χ4v) is 2.53. The first kappa shape index (κ1) is 19.3. The summed E-state index contributed by atoms with van der Waals surface area (Å²) >= 11 is 0. The van der Waals surface area contributed by atoms with E-state index in [4.69, 9.17) is 10.2 Å². The average Bonchev–Trinajstić information content (AvgIpc) is 3.06. The molecule has 3 N–H and O–H groups in total. The molecule has 0 fully saturated rings. The lowest BCUT2D eigenvalue weighted by Crippen LogP contribution is -2.40. The largest absolute Gasteiger partial charge is 0.467 e. The predicted molar refractivity (Wildman–Crippen MR) is 100.0 cm³/mol. The zero-order valence-electron chi connectivity index (χ0n) is 15.2. The first-order chi connectivity index (χ1) is 12.3. The highest BCUT2D eigenvalue weighted by Crippen LogP contribution is 2.21. The Kier molecular flexibility index (Phi) is 6.21. The molecular weight excluding hydrogens is 336 g/mol. The number of unbranched alkanes of at least 4 members (excludes halogenated alkanes) is 1. The van der Waals surface area contributed by atoms with Crippen LogP contribution in [0.2, 0.25) is 0 Å². The summed E-state index contributed by atoms with van der Waals surface area (Å²) in [5.74, 6) is 0.0409. The molecule has 8 nitrogen and oxygen atoms in total. The molecule has 140 valence electrons. The second kappa shape index (κ2) is 8.37. The highest BCUT2D eigenvalue weighted by molar-refractivity contribution is 6.03. The van der Waals surface area contributed by atoms with Gasteiger partial charge in [-0.05, 0) is 32.4 Å². The van der Waals surface area contributed by atoms with Crippen molar-refractivity contribution in [3.63, 3.8) is 0 Å². The molecule has 0 aliphatic rings. The molecule has 0 aromatic carbocycles. The number of H-pyrrole nitrogens is 1. The van der Waals surface area contributed by atoms with Crippen molar-refractivity contribution in [3.05, 3.63) is 56.6 Å². The number of hydrogen-bond donors (Lipinski definition) is 2. The minimum absolute atomic E-state index is 0.0227. The molecule has 0 aliphatic heterocycles. The van der Waals surface area contributed by atoms with Crippen molar-refractivity contribution in [2.75, 3.05) is 10.6 Å². The van der Waals surface area contributed by atoms with Crippen LogP contribution >= 0.6 is 0 Å². The van der Waals surface area contributed by atoms with E-state index in [2.05, 4.69) is 4.98 Å². The second-order valence-corrected chi connectivity index (χ2v) is 6.22. The Morgan fingerprint density at radius 3 is 2.69 bits per heavy atom. The Hall–Kier alpha value is -3.03. The van der Waals surface area contributed by atoms with Crippen molar-refractivity contribution in [2.24, 2.45) is 0 Å². The maximum Gasteiger partial charge on any atom is 0.330 e. The van der Waals surface area contributed by atoms with Gasteiger partial charge in [0.15, 0.2) is 5.69 Å². The normalized spacial score (nSPS) is 10.6. The summed E-state index contributed by atoms with van der Waals surface area (Å²) in [7, 11) is 0. The highest BCUT2D eigenvalue weighted by Gasteiger charge is 2.24. The molecule has 2 aromatic rings. The number of nitrogens with zero attached hydrogens (tertiary/aromatic N) is 2. The van der Waals surface area contributed by atoms with Gasteiger partial charge in [0.05, 0.1) is 12.8 Å². The van der Waals surface area contributed by atoms with E-state index in [1.165, 1.54) is 21.8 Å². The number of carbonyl (C=O) groups is 1. The van der Waals surface area contributed by atoms with E-state index in [9.17, 15) is 14.4 Å². The molecule has 0 unspecified atom stereocenters. The summed E-state index contributed by atoms with van der Waals surface area (Å²) < 4.78 is 6.59. The number of anilines is 2. The zero-order valence-corrected chi connectivity index (χ0v) is 15.2. The Balaban J connectivity index is 2.59. The number of hydrogen-bond acceptors (Lipinski definition) is 5. The predicted octanol–water partition coefficient (Wildman–Crippen LogP) is 2.01. The number of nitrogen functional groups attached to an aromatic ring is 1. The third-order valence-electron chi connectivity index (χ3n) is 3.79. The summed E-state index contributed by atoms with van der Waals surface area (Å²) in [5, 5.41) is 0. The van der Waals surface area contributed by atoms with Crippen LogP contribution in [0.4, 0.5) is 11.5 Å². The van der Waals surface area contributed by atoms with Crippen molar-refractivity contribution in [3.8, 4) is 0 Å². The number of amides is 1. The summed E-state index contributed by atoms with van der Waals surface area (Å²) in [5.41, 5.74) is 5.55. The van der Waals surface area contributed by atoms with Crippen molar-refractivity contribution in [1.29, 1.82) is 0 Å². The first-order valence-electron chi connectivity index (χ1n) is 8.46.